The van der Waals surface area contributed by atoms with Crippen molar-refractivity contribution in [3.63, 3.8) is 0 Å². The molecule has 0 bridgehead atoms. The number of benzene rings is 12. The minimum absolute atomic E-state index is 0.292. The molecule has 0 atom stereocenters. The third-order valence-corrected chi connectivity index (χ3v) is 21.1. The Bertz CT molecular complexity index is 5300. The third kappa shape index (κ3) is 37.3. The van der Waals surface area contributed by atoms with Crippen LogP contribution in [0.2, 0.25) is 0 Å². The van der Waals surface area contributed by atoms with Crippen LogP contribution in [0.3, 0.4) is 0 Å². The maximum atomic E-state index is 14.7. The van der Waals surface area contributed by atoms with Crippen molar-refractivity contribution in [2.45, 2.75) is 186 Å². The summed E-state index contributed by atoms with van der Waals surface area (Å²) in [6, 6.07) is 60.2. The Morgan fingerprint density at radius 1 is 0.163 bits per heavy atom. The molecule has 12 rings (SSSR count). The van der Waals surface area contributed by atoms with E-state index in [2.05, 4.69) is 28.4 Å². The number of alkyl halides is 18. The number of hydrogen-bond donors (Lipinski definition) is 0. The van der Waals surface area contributed by atoms with Gasteiger partial charge in [-0.05, 0) is 252 Å². The first-order valence-electron chi connectivity index (χ1n) is 43.2. The zero-order valence-corrected chi connectivity index (χ0v) is 72.3. The van der Waals surface area contributed by atoms with E-state index in [1.807, 2.05) is 12.1 Å². The second-order valence-electron chi connectivity index (χ2n) is 31.4. The molecule has 720 valence electrons. The van der Waals surface area contributed by atoms with E-state index in [9.17, 15) is 105 Å². The van der Waals surface area contributed by atoms with Crippen molar-refractivity contribution in [1.29, 1.82) is 0 Å². The molecule has 12 aromatic rings. The highest BCUT2D eigenvalue weighted by Gasteiger charge is 2.36. The standard InChI is InChI=1S/C35H32F8O4.C35H32F8O2.C33H28F8O2/c36-30-22-26(12-18-32(30)46-34(38,39)40)24-8-14-28(15-9-24)44-20-6-4-2-1-3-5-7-21-45-29-16-10-25(11-17-29)27-13-19-33(31(37)23-27)47-35(41,42)43;36-32-22-24(10-20-30(32)26-12-16-28(17-13-26)44-34(38,39)40)8-6-4-2-1-3-5-7-9-25-11-21-31(33(37)23-25)27-14-18-29(19-15-27)45-35(41,42)43;34-30-20-22(8-18-28(30)24-10-14-26(15-11-24)42-32(36,37)38)6-4-2-1-3-5-7-23-9-19-29(31(35)21-23)25-12-16-27(17-13-25)43-33(39,40)41/h8-19,22-23H,1-7,20-21H2;10-23H,1-9H2;8-21H,1-7H2. The van der Waals surface area contributed by atoms with Crippen molar-refractivity contribution >= 4 is 0 Å². The highest BCUT2D eigenvalue weighted by molar-refractivity contribution is 5.70. The molecule has 0 amide bonds. The summed E-state index contributed by atoms with van der Waals surface area (Å²) in [6.45, 7) is 1.08. The topological polar surface area (TPSA) is 73.8 Å². The Balaban J connectivity index is 0.000000210. The number of aryl methyl sites for hydroxylation is 4. The van der Waals surface area contributed by atoms with Crippen molar-refractivity contribution in [3.8, 4) is 113 Å². The lowest BCUT2D eigenvalue weighted by Crippen LogP contribution is -2.17. The largest absolute Gasteiger partial charge is 0.573 e. The SMILES string of the molecule is Fc1cc(-c2ccc(OCCCCCCCCCOc3ccc(-c4ccc(OC(F)(F)F)c(F)c4)cc3)cc2)ccc1OC(F)(F)F.Fc1cc(CCCCCCCCCc2ccc(-c3ccc(OC(F)(F)F)cc3)c(F)c2)ccc1-c1ccc(OC(F)(F)F)cc1.Fc1cc(CCCCCCCc2ccc(-c3ccc(OC(F)(F)F)cc3)c(F)c2)ccc1-c1ccc(OC(F)(F)F)cc1. The molecule has 0 saturated heterocycles. The fourth-order valence-electron chi connectivity index (χ4n) is 14.6. The molecule has 0 radical (unpaired) electrons. The number of hydrogen-bond acceptors (Lipinski definition) is 8. The molecule has 12 aromatic carbocycles. The highest BCUT2D eigenvalue weighted by Crippen LogP contribution is 2.39. The van der Waals surface area contributed by atoms with Gasteiger partial charge in [0.25, 0.3) is 0 Å². The van der Waals surface area contributed by atoms with Gasteiger partial charge in [-0.25, -0.2) is 26.3 Å². The van der Waals surface area contributed by atoms with Crippen molar-refractivity contribution < 1.29 is 143 Å². The van der Waals surface area contributed by atoms with Gasteiger partial charge in [0, 0.05) is 22.3 Å². The van der Waals surface area contributed by atoms with E-state index in [4.69, 9.17) is 9.47 Å². The lowest BCUT2D eigenvalue weighted by atomic mass is 9.99. The summed E-state index contributed by atoms with van der Waals surface area (Å²) in [5.74, 6) is -5.92. The monoisotopic (exact) mass is 1910 g/mol. The van der Waals surface area contributed by atoms with E-state index < -0.39 is 84.6 Å². The molecular weight excluding hydrogens is 1820 g/mol. The molecule has 8 nitrogen and oxygen atoms in total. The molecule has 0 aliphatic carbocycles. The first-order valence-corrected chi connectivity index (χ1v) is 43.2. The molecule has 135 heavy (non-hydrogen) atoms. The summed E-state index contributed by atoms with van der Waals surface area (Å²) in [5, 5.41) is 0. The zero-order valence-electron chi connectivity index (χ0n) is 72.3. The maximum Gasteiger partial charge on any atom is 0.573 e. The van der Waals surface area contributed by atoms with Crippen molar-refractivity contribution in [1.82, 2.24) is 0 Å². The molecule has 0 N–H and O–H groups in total. The lowest BCUT2D eigenvalue weighted by molar-refractivity contribution is -0.276. The smallest absolute Gasteiger partial charge is 0.494 e. The highest BCUT2D eigenvalue weighted by atomic mass is 19.4. The van der Waals surface area contributed by atoms with Crippen LogP contribution in [0.5, 0.6) is 46.0 Å². The fraction of sp³-hybridized carbons (Fsp3) is 0.301. The first-order chi connectivity index (χ1) is 64.1. The van der Waals surface area contributed by atoms with Gasteiger partial charge >= 0.3 is 38.2 Å². The molecule has 32 heteroatoms. The Hall–Kier alpha value is -12.6. The first kappa shape index (κ1) is 104. The van der Waals surface area contributed by atoms with Crippen LogP contribution in [-0.4, -0.2) is 51.4 Å². The van der Waals surface area contributed by atoms with Gasteiger partial charge in [0.05, 0.1) is 13.2 Å². The van der Waals surface area contributed by atoms with Crippen LogP contribution in [0.4, 0.5) is 105 Å². The van der Waals surface area contributed by atoms with E-state index in [0.29, 0.717) is 104 Å². The van der Waals surface area contributed by atoms with E-state index in [1.54, 1.807) is 84.9 Å². The predicted octanol–water partition coefficient (Wildman–Crippen LogP) is 33.7. The van der Waals surface area contributed by atoms with Crippen LogP contribution in [0, 0.1) is 34.9 Å². The molecule has 0 spiro atoms. The second-order valence-corrected chi connectivity index (χ2v) is 31.4. The number of ether oxygens (including phenoxy) is 8. The zero-order chi connectivity index (χ0) is 97.4. The summed E-state index contributed by atoms with van der Waals surface area (Å²) < 4.78 is 343. The van der Waals surface area contributed by atoms with Crippen LogP contribution < -0.4 is 37.9 Å². The van der Waals surface area contributed by atoms with E-state index in [0.717, 1.165) is 230 Å². The molecule has 0 heterocycles. The maximum absolute atomic E-state index is 14.7. The fourth-order valence-corrected chi connectivity index (χ4v) is 14.6. The molecule has 0 unspecified atom stereocenters. The minimum atomic E-state index is -4.97. The number of halogens is 24. The second kappa shape index (κ2) is 49.6. The molecule has 0 saturated carbocycles. The van der Waals surface area contributed by atoms with Gasteiger partial charge in [-0.2, -0.15) is 0 Å². The average molecular weight is 1910 g/mol. The molecular formula is C103H92F24O8. The Morgan fingerprint density at radius 2 is 0.356 bits per heavy atom. The van der Waals surface area contributed by atoms with Gasteiger partial charge in [0.2, 0.25) is 0 Å². The Labute approximate surface area is 763 Å². The van der Waals surface area contributed by atoms with Gasteiger partial charge in [0.1, 0.15) is 57.8 Å². The van der Waals surface area contributed by atoms with Crippen molar-refractivity contribution in [2.75, 3.05) is 13.2 Å². The molecule has 0 aliphatic heterocycles. The normalized spacial score (nSPS) is 11.9. The molecule has 0 fully saturated rings. The van der Waals surface area contributed by atoms with Crippen LogP contribution >= 0.6 is 0 Å². The van der Waals surface area contributed by atoms with Crippen molar-refractivity contribution in [2.24, 2.45) is 0 Å². The lowest BCUT2D eigenvalue weighted by Gasteiger charge is -2.11. The van der Waals surface area contributed by atoms with Gasteiger partial charge < -0.3 is 37.9 Å². The molecule has 0 aliphatic rings. The number of unbranched alkanes of at least 4 members (excludes halogenated alkanes) is 16. The van der Waals surface area contributed by atoms with Crippen molar-refractivity contribution in [3.05, 3.63) is 312 Å². The summed E-state index contributed by atoms with van der Waals surface area (Å²) in [5.41, 5.74) is 8.48. The van der Waals surface area contributed by atoms with Gasteiger partial charge in [-0.1, -0.05) is 217 Å². The Morgan fingerprint density at radius 3 is 0.563 bits per heavy atom. The van der Waals surface area contributed by atoms with E-state index in [1.165, 1.54) is 84.9 Å². The Kier molecular flexibility index (Phi) is 38.3. The van der Waals surface area contributed by atoms with Crippen LogP contribution in [0.1, 0.15) is 144 Å². The average Bonchev–Trinajstić information content (AvgIpc) is 0.848. The summed E-state index contributed by atoms with van der Waals surface area (Å²) in [7, 11) is 0. The number of rotatable bonds is 42. The predicted molar refractivity (Wildman–Crippen MR) is 465 cm³/mol. The van der Waals surface area contributed by atoms with E-state index >= 15 is 0 Å². The molecule has 0 aromatic heterocycles. The van der Waals surface area contributed by atoms with Crippen LogP contribution in [-0.2, 0) is 25.7 Å². The van der Waals surface area contributed by atoms with Crippen LogP contribution in [0.25, 0.3) is 66.8 Å². The summed E-state index contributed by atoms with van der Waals surface area (Å²) >= 11 is 0. The third-order valence-electron chi connectivity index (χ3n) is 21.1. The minimum Gasteiger partial charge on any atom is -0.494 e. The van der Waals surface area contributed by atoms with Gasteiger partial charge in [0.15, 0.2) is 23.1 Å². The van der Waals surface area contributed by atoms with Gasteiger partial charge in [-0.3, -0.25) is 0 Å². The quantitative estimate of drug-likeness (QED) is 0.0277. The van der Waals surface area contributed by atoms with E-state index in [-0.39, 0.29) is 23.0 Å². The van der Waals surface area contributed by atoms with Crippen LogP contribution in [0.15, 0.2) is 255 Å². The van der Waals surface area contributed by atoms with Gasteiger partial charge in [-0.15, -0.1) is 79.0 Å². The summed E-state index contributed by atoms with van der Waals surface area (Å²) in [6.07, 6.45) is -7.76. The summed E-state index contributed by atoms with van der Waals surface area (Å²) in [4.78, 5) is 0.